The quantitative estimate of drug-likeness (QED) is 0.307. The summed E-state index contributed by atoms with van der Waals surface area (Å²) in [5.74, 6) is 0.0432. The number of nitrogens with zero attached hydrogens (tertiary/aromatic N) is 3. The number of methoxy groups -OCH3 is 2. The van der Waals surface area contributed by atoms with Crippen LogP contribution in [0.5, 0.6) is 11.5 Å². The van der Waals surface area contributed by atoms with Gasteiger partial charge in [0.25, 0.3) is 10.0 Å². The van der Waals surface area contributed by atoms with Gasteiger partial charge in [0.05, 0.1) is 24.8 Å². The Labute approximate surface area is 223 Å². The third-order valence-electron chi connectivity index (χ3n) is 5.31. The maximum Gasteiger partial charge on any atom is 0.264 e. The molecule has 0 radical (unpaired) electrons. The second kappa shape index (κ2) is 11.2. The molecule has 0 atom stereocenters. The lowest BCUT2D eigenvalue weighted by Crippen LogP contribution is -2.38. The van der Waals surface area contributed by atoms with Crippen LogP contribution in [-0.4, -0.2) is 45.3 Å². The highest BCUT2D eigenvalue weighted by molar-refractivity contribution is 7.92. The van der Waals surface area contributed by atoms with E-state index >= 15 is 0 Å². The van der Waals surface area contributed by atoms with E-state index in [2.05, 4.69) is 15.5 Å². The van der Waals surface area contributed by atoms with Crippen molar-refractivity contribution in [3.63, 3.8) is 0 Å². The number of anilines is 2. The molecule has 0 fully saturated rings. The van der Waals surface area contributed by atoms with Crippen LogP contribution >= 0.6 is 22.9 Å². The van der Waals surface area contributed by atoms with Crippen LogP contribution in [0.1, 0.15) is 5.56 Å². The van der Waals surface area contributed by atoms with Crippen LogP contribution in [0.2, 0.25) is 5.02 Å². The highest BCUT2D eigenvalue weighted by atomic mass is 35.5. The fraction of sp³-hybridized carbons (Fsp3) is 0.160. The highest BCUT2D eigenvalue weighted by Crippen LogP contribution is 2.36. The smallest absolute Gasteiger partial charge is 0.264 e. The Kier molecular flexibility index (Phi) is 7.96. The topological polar surface area (TPSA) is 111 Å². The van der Waals surface area contributed by atoms with Gasteiger partial charge in [0.15, 0.2) is 0 Å². The van der Waals surface area contributed by atoms with Crippen LogP contribution in [0.15, 0.2) is 71.6 Å². The first-order valence-corrected chi connectivity index (χ1v) is 13.6. The fourth-order valence-electron chi connectivity index (χ4n) is 3.40. The maximum absolute atomic E-state index is 13.7. The van der Waals surface area contributed by atoms with E-state index < -0.39 is 22.5 Å². The number of benzene rings is 3. The van der Waals surface area contributed by atoms with Crippen molar-refractivity contribution in [3.05, 3.63) is 77.3 Å². The van der Waals surface area contributed by atoms with Gasteiger partial charge >= 0.3 is 0 Å². The van der Waals surface area contributed by atoms with Gasteiger partial charge < -0.3 is 9.47 Å². The number of carbonyl (C=O) groups is 1. The van der Waals surface area contributed by atoms with E-state index in [4.69, 9.17) is 21.1 Å². The summed E-state index contributed by atoms with van der Waals surface area (Å²) in [6, 6.07) is 18.1. The molecule has 0 bridgehead atoms. The Hall–Kier alpha value is -3.67. The Morgan fingerprint density at radius 1 is 1.00 bits per heavy atom. The highest BCUT2D eigenvalue weighted by Gasteiger charge is 2.30. The van der Waals surface area contributed by atoms with Crippen LogP contribution in [0.4, 0.5) is 10.8 Å². The molecule has 0 aliphatic carbocycles. The second-order valence-electron chi connectivity index (χ2n) is 7.83. The number of ether oxygens (including phenoxy) is 2. The van der Waals surface area contributed by atoms with Crippen LogP contribution in [-0.2, 0) is 14.8 Å². The minimum Gasteiger partial charge on any atom is -0.497 e. The fourth-order valence-corrected chi connectivity index (χ4v) is 5.72. The molecule has 1 N–H and O–H groups in total. The molecule has 192 valence electrons. The zero-order valence-electron chi connectivity index (χ0n) is 20.1. The lowest BCUT2D eigenvalue weighted by molar-refractivity contribution is -0.114. The molecular formula is C25H23ClN4O5S2. The first-order valence-electron chi connectivity index (χ1n) is 10.9. The number of nitrogens with one attached hydrogen (secondary N) is 1. The van der Waals surface area contributed by atoms with Crippen molar-refractivity contribution in [2.75, 3.05) is 30.4 Å². The van der Waals surface area contributed by atoms with Gasteiger partial charge in [0.2, 0.25) is 11.0 Å². The van der Waals surface area contributed by atoms with Crippen LogP contribution in [0, 0.1) is 6.92 Å². The number of amides is 1. The summed E-state index contributed by atoms with van der Waals surface area (Å²) in [6.45, 7) is 1.31. The normalized spacial score (nSPS) is 11.1. The van der Waals surface area contributed by atoms with Crippen molar-refractivity contribution in [1.29, 1.82) is 0 Å². The molecule has 3 aromatic carbocycles. The lowest BCUT2D eigenvalue weighted by Gasteiger charge is -2.26. The third-order valence-corrected chi connectivity index (χ3v) is 8.23. The van der Waals surface area contributed by atoms with E-state index in [1.165, 1.54) is 32.4 Å². The number of aryl methyl sites for hydroxylation is 1. The number of sulfonamides is 1. The number of halogens is 1. The molecule has 4 rings (SSSR count). The second-order valence-corrected chi connectivity index (χ2v) is 11.1. The molecule has 0 saturated carbocycles. The predicted octanol–water partition coefficient (Wildman–Crippen LogP) is 5.02. The van der Waals surface area contributed by atoms with E-state index in [0.29, 0.717) is 15.8 Å². The molecule has 1 amide bonds. The molecule has 1 heterocycles. The first-order chi connectivity index (χ1) is 17.7. The van der Waals surface area contributed by atoms with Gasteiger partial charge in [0.1, 0.15) is 23.1 Å². The van der Waals surface area contributed by atoms with Crippen LogP contribution < -0.4 is 19.1 Å². The molecule has 0 saturated heterocycles. The number of carbonyl (C=O) groups excluding carboxylic acids is 1. The Morgan fingerprint density at radius 2 is 1.70 bits per heavy atom. The average molecular weight is 559 g/mol. The molecule has 9 nitrogen and oxygen atoms in total. The van der Waals surface area contributed by atoms with Crippen molar-refractivity contribution < 1.29 is 22.7 Å². The van der Waals surface area contributed by atoms with Crippen molar-refractivity contribution in [1.82, 2.24) is 10.2 Å². The maximum atomic E-state index is 13.7. The molecule has 1 aromatic heterocycles. The standard InChI is InChI=1S/C25H23ClN4O5S2/c1-16-4-11-20(12-5-16)37(32,33)30(21-14-19(34-2)10-13-22(21)35-3)15-23(31)27-25-29-28-24(36-25)17-6-8-18(26)9-7-17/h4-14H,15H2,1-3H3,(H,27,29,31). The molecule has 0 aliphatic rings. The largest absolute Gasteiger partial charge is 0.497 e. The monoisotopic (exact) mass is 558 g/mol. The SMILES string of the molecule is COc1ccc(OC)c(N(CC(=O)Nc2nnc(-c3ccc(Cl)cc3)s2)S(=O)(=O)c2ccc(C)cc2)c1. The minimum atomic E-state index is -4.17. The minimum absolute atomic E-state index is 0.0247. The van der Waals surface area contributed by atoms with Crippen molar-refractivity contribution in [3.8, 4) is 22.1 Å². The van der Waals surface area contributed by atoms with E-state index in [1.54, 1.807) is 48.5 Å². The van der Waals surface area contributed by atoms with E-state index in [0.717, 1.165) is 26.8 Å². The molecular weight excluding hydrogens is 536 g/mol. The van der Waals surface area contributed by atoms with E-state index in [-0.39, 0.29) is 21.5 Å². The van der Waals surface area contributed by atoms with Gasteiger partial charge in [-0.2, -0.15) is 0 Å². The van der Waals surface area contributed by atoms with Crippen molar-refractivity contribution >= 4 is 49.7 Å². The number of aromatic nitrogens is 2. The molecule has 4 aromatic rings. The van der Waals surface area contributed by atoms with Gasteiger partial charge in [0, 0.05) is 16.7 Å². The molecule has 0 unspecified atom stereocenters. The van der Waals surface area contributed by atoms with Crippen LogP contribution in [0.25, 0.3) is 10.6 Å². The molecule has 12 heteroatoms. The van der Waals surface area contributed by atoms with Crippen molar-refractivity contribution in [2.24, 2.45) is 0 Å². The Morgan fingerprint density at radius 3 is 2.35 bits per heavy atom. The Balaban J connectivity index is 1.66. The predicted molar refractivity (Wildman–Crippen MR) is 144 cm³/mol. The molecule has 37 heavy (non-hydrogen) atoms. The third kappa shape index (κ3) is 6.01. The molecule has 0 spiro atoms. The van der Waals surface area contributed by atoms with Gasteiger partial charge in [-0.15, -0.1) is 10.2 Å². The van der Waals surface area contributed by atoms with Gasteiger partial charge in [-0.05, 0) is 43.3 Å². The summed E-state index contributed by atoms with van der Waals surface area (Å²) >= 11 is 7.09. The molecule has 0 aliphatic heterocycles. The Bertz CT molecular complexity index is 1510. The average Bonchev–Trinajstić information content (AvgIpc) is 3.35. The van der Waals surface area contributed by atoms with Crippen LogP contribution in [0.3, 0.4) is 0 Å². The number of hydrogen-bond acceptors (Lipinski definition) is 8. The first kappa shape index (κ1) is 26.4. The van der Waals surface area contributed by atoms with E-state index in [9.17, 15) is 13.2 Å². The summed E-state index contributed by atoms with van der Waals surface area (Å²) in [5.41, 5.74) is 1.83. The van der Waals surface area contributed by atoms with Gasteiger partial charge in [-0.1, -0.05) is 52.8 Å². The van der Waals surface area contributed by atoms with Gasteiger partial charge in [-0.3, -0.25) is 14.4 Å². The van der Waals surface area contributed by atoms with Gasteiger partial charge in [-0.25, -0.2) is 8.42 Å². The summed E-state index contributed by atoms with van der Waals surface area (Å²) in [6.07, 6.45) is 0. The van der Waals surface area contributed by atoms with Crippen molar-refractivity contribution in [2.45, 2.75) is 11.8 Å². The number of rotatable bonds is 9. The summed E-state index contributed by atoms with van der Waals surface area (Å²) in [5, 5.41) is 12.1. The lowest BCUT2D eigenvalue weighted by atomic mass is 10.2. The summed E-state index contributed by atoms with van der Waals surface area (Å²) in [7, 11) is -1.28. The van der Waals surface area contributed by atoms with E-state index in [1.807, 2.05) is 6.92 Å². The zero-order valence-corrected chi connectivity index (χ0v) is 22.5. The zero-order chi connectivity index (χ0) is 26.6. The number of hydrogen-bond donors (Lipinski definition) is 1. The summed E-state index contributed by atoms with van der Waals surface area (Å²) in [4.78, 5) is 13.1. The summed E-state index contributed by atoms with van der Waals surface area (Å²) < 4.78 is 39.1.